The van der Waals surface area contributed by atoms with Gasteiger partial charge in [0.1, 0.15) is 5.60 Å². The van der Waals surface area contributed by atoms with Crippen LogP contribution in [0.3, 0.4) is 0 Å². The summed E-state index contributed by atoms with van der Waals surface area (Å²) in [4.78, 5) is 24.4. The summed E-state index contributed by atoms with van der Waals surface area (Å²) in [6, 6.07) is 0. The molecule has 0 bridgehead atoms. The molecule has 0 aromatic heterocycles. The van der Waals surface area contributed by atoms with Crippen LogP contribution in [0, 0.1) is 0 Å². The smallest absolute Gasteiger partial charge is 0.410 e. The number of likely N-dealkylation sites (tertiary alicyclic amines) is 1. The van der Waals surface area contributed by atoms with Crippen LogP contribution >= 0.6 is 0 Å². The van der Waals surface area contributed by atoms with Crippen LogP contribution in [0.25, 0.3) is 0 Å². The zero-order valence-electron chi connectivity index (χ0n) is 12.3. The third kappa shape index (κ3) is 3.62. The van der Waals surface area contributed by atoms with Crippen LogP contribution in [0.4, 0.5) is 4.79 Å². The van der Waals surface area contributed by atoms with E-state index in [1.807, 2.05) is 20.8 Å². The standard InChI is InChI=1S/C14H23NO5/c1-13(2,3)20-12(18)15-7-6-14(9-15)5-4-10(19-14)8-11(16)17/h10H,4-9H2,1-3H3,(H,16,17). The van der Waals surface area contributed by atoms with Gasteiger partial charge in [-0.1, -0.05) is 0 Å². The van der Waals surface area contributed by atoms with Gasteiger partial charge in [-0.05, 0) is 40.0 Å². The van der Waals surface area contributed by atoms with Gasteiger partial charge in [0.15, 0.2) is 0 Å². The normalized spacial score (nSPS) is 29.9. The first-order valence-electron chi connectivity index (χ1n) is 7.07. The molecule has 2 aliphatic rings. The molecule has 2 saturated heterocycles. The summed E-state index contributed by atoms with van der Waals surface area (Å²) in [5, 5.41) is 8.81. The quantitative estimate of drug-likeness (QED) is 0.840. The maximum absolute atomic E-state index is 12.0. The average molecular weight is 285 g/mol. The van der Waals surface area contributed by atoms with Gasteiger partial charge in [-0.2, -0.15) is 0 Å². The van der Waals surface area contributed by atoms with E-state index in [4.69, 9.17) is 14.6 Å². The lowest BCUT2D eigenvalue weighted by Gasteiger charge is -2.27. The third-order valence-electron chi connectivity index (χ3n) is 3.71. The Morgan fingerprint density at radius 2 is 2.10 bits per heavy atom. The maximum atomic E-state index is 12.0. The van der Waals surface area contributed by atoms with Gasteiger partial charge < -0.3 is 19.5 Å². The minimum Gasteiger partial charge on any atom is -0.481 e. The Balaban J connectivity index is 1.89. The van der Waals surface area contributed by atoms with Crippen molar-refractivity contribution >= 4 is 12.1 Å². The second kappa shape index (κ2) is 5.24. The number of hydrogen-bond acceptors (Lipinski definition) is 4. The Kier molecular flexibility index (Phi) is 3.95. The molecule has 2 fully saturated rings. The van der Waals surface area contributed by atoms with Crippen molar-refractivity contribution in [2.24, 2.45) is 0 Å². The predicted octanol–water partition coefficient (Wildman–Crippen LogP) is 2.02. The van der Waals surface area contributed by atoms with Crippen molar-refractivity contribution in [2.75, 3.05) is 13.1 Å². The molecular weight excluding hydrogens is 262 g/mol. The van der Waals surface area contributed by atoms with Crippen molar-refractivity contribution in [1.29, 1.82) is 0 Å². The molecule has 2 aliphatic heterocycles. The zero-order chi connectivity index (χ0) is 15.0. The first kappa shape index (κ1) is 15.1. The Morgan fingerprint density at radius 3 is 2.70 bits per heavy atom. The second-order valence-corrected chi connectivity index (χ2v) is 6.71. The summed E-state index contributed by atoms with van der Waals surface area (Å²) in [6.07, 6.45) is 1.79. The summed E-state index contributed by atoms with van der Waals surface area (Å²) >= 11 is 0. The van der Waals surface area contributed by atoms with E-state index in [9.17, 15) is 9.59 Å². The molecule has 0 saturated carbocycles. The third-order valence-corrected chi connectivity index (χ3v) is 3.71. The van der Waals surface area contributed by atoms with E-state index in [2.05, 4.69) is 0 Å². The van der Waals surface area contributed by atoms with E-state index in [0.29, 0.717) is 13.1 Å². The minimum atomic E-state index is -0.839. The number of amides is 1. The lowest BCUT2D eigenvalue weighted by molar-refractivity contribution is -0.141. The number of carbonyl (C=O) groups excluding carboxylic acids is 1. The van der Waals surface area contributed by atoms with Gasteiger partial charge in [0.05, 0.1) is 24.7 Å². The van der Waals surface area contributed by atoms with Gasteiger partial charge in [-0.15, -0.1) is 0 Å². The lowest BCUT2D eigenvalue weighted by atomic mass is 9.99. The van der Waals surface area contributed by atoms with Gasteiger partial charge in [0.25, 0.3) is 0 Å². The monoisotopic (exact) mass is 285 g/mol. The molecule has 2 heterocycles. The molecule has 0 radical (unpaired) electrons. The molecule has 0 aliphatic carbocycles. The van der Waals surface area contributed by atoms with E-state index in [1.54, 1.807) is 4.90 Å². The van der Waals surface area contributed by atoms with E-state index in [-0.39, 0.29) is 24.2 Å². The highest BCUT2D eigenvalue weighted by molar-refractivity contribution is 5.69. The largest absolute Gasteiger partial charge is 0.481 e. The molecule has 1 amide bonds. The Labute approximate surface area is 119 Å². The molecule has 114 valence electrons. The number of hydrogen-bond donors (Lipinski definition) is 1. The van der Waals surface area contributed by atoms with Gasteiger partial charge in [0.2, 0.25) is 0 Å². The summed E-state index contributed by atoms with van der Waals surface area (Å²) in [5.74, 6) is -0.839. The molecule has 20 heavy (non-hydrogen) atoms. The highest BCUT2D eigenvalue weighted by Crippen LogP contribution is 2.39. The fourth-order valence-corrected chi connectivity index (χ4v) is 2.86. The summed E-state index contributed by atoms with van der Waals surface area (Å²) in [5.41, 5.74) is -0.869. The number of aliphatic carboxylic acids is 1. The first-order chi connectivity index (χ1) is 9.19. The molecule has 6 heteroatoms. The molecule has 0 aromatic carbocycles. The Hall–Kier alpha value is -1.30. The fourth-order valence-electron chi connectivity index (χ4n) is 2.86. The summed E-state index contributed by atoms with van der Waals surface area (Å²) in [7, 11) is 0. The van der Waals surface area contributed by atoms with Crippen LogP contribution in [0.15, 0.2) is 0 Å². The minimum absolute atomic E-state index is 0.0359. The van der Waals surface area contributed by atoms with E-state index in [1.165, 1.54) is 0 Å². The first-order valence-corrected chi connectivity index (χ1v) is 7.07. The maximum Gasteiger partial charge on any atom is 0.410 e. The van der Waals surface area contributed by atoms with Crippen LogP contribution in [-0.2, 0) is 14.3 Å². The Bertz CT molecular complexity index is 403. The van der Waals surface area contributed by atoms with E-state index in [0.717, 1.165) is 19.3 Å². The van der Waals surface area contributed by atoms with Gasteiger partial charge in [0, 0.05) is 6.54 Å². The topological polar surface area (TPSA) is 76.1 Å². The average Bonchev–Trinajstić information content (AvgIpc) is 2.84. The van der Waals surface area contributed by atoms with E-state index < -0.39 is 11.6 Å². The number of rotatable bonds is 2. The molecule has 1 N–H and O–H groups in total. The van der Waals surface area contributed by atoms with Crippen molar-refractivity contribution in [1.82, 2.24) is 4.90 Å². The van der Waals surface area contributed by atoms with Crippen molar-refractivity contribution in [3.63, 3.8) is 0 Å². The number of carbonyl (C=O) groups is 2. The molecule has 2 rings (SSSR count). The number of carboxylic acid groups (broad SMARTS) is 1. The van der Waals surface area contributed by atoms with E-state index >= 15 is 0 Å². The molecular formula is C14H23NO5. The molecule has 6 nitrogen and oxygen atoms in total. The molecule has 0 aromatic rings. The molecule has 1 spiro atoms. The van der Waals surface area contributed by atoms with Crippen molar-refractivity contribution in [2.45, 2.75) is 63.8 Å². The molecule has 2 atom stereocenters. The summed E-state index contributed by atoms with van der Waals surface area (Å²) < 4.78 is 11.3. The van der Waals surface area contributed by atoms with Crippen LogP contribution in [0.2, 0.25) is 0 Å². The summed E-state index contributed by atoms with van der Waals surface area (Å²) in [6.45, 7) is 6.62. The predicted molar refractivity (Wildman–Crippen MR) is 71.5 cm³/mol. The van der Waals surface area contributed by atoms with Crippen molar-refractivity contribution in [3.05, 3.63) is 0 Å². The van der Waals surface area contributed by atoms with Crippen LogP contribution in [0.5, 0.6) is 0 Å². The number of ether oxygens (including phenoxy) is 2. The fraction of sp³-hybridized carbons (Fsp3) is 0.857. The Morgan fingerprint density at radius 1 is 1.40 bits per heavy atom. The van der Waals surface area contributed by atoms with Crippen molar-refractivity contribution in [3.8, 4) is 0 Å². The number of carboxylic acids is 1. The number of nitrogens with zero attached hydrogens (tertiary/aromatic N) is 1. The molecule has 2 unspecified atom stereocenters. The van der Waals surface area contributed by atoms with Crippen LogP contribution in [-0.4, -0.2) is 52.5 Å². The van der Waals surface area contributed by atoms with Gasteiger partial charge in [-0.25, -0.2) is 4.79 Å². The lowest BCUT2D eigenvalue weighted by Crippen LogP contribution is -2.39. The van der Waals surface area contributed by atoms with Crippen LogP contribution in [0.1, 0.15) is 46.5 Å². The SMILES string of the molecule is CC(C)(C)OC(=O)N1CCC2(CCC(CC(=O)O)O2)C1. The highest BCUT2D eigenvalue weighted by atomic mass is 16.6. The zero-order valence-corrected chi connectivity index (χ0v) is 12.3. The van der Waals surface area contributed by atoms with Crippen LogP contribution < -0.4 is 0 Å². The van der Waals surface area contributed by atoms with Gasteiger partial charge >= 0.3 is 12.1 Å². The van der Waals surface area contributed by atoms with Crippen molar-refractivity contribution < 1.29 is 24.2 Å². The second-order valence-electron chi connectivity index (χ2n) is 6.71. The highest BCUT2D eigenvalue weighted by Gasteiger charge is 2.47. The van der Waals surface area contributed by atoms with Gasteiger partial charge in [-0.3, -0.25) is 4.79 Å².